The summed E-state index contributed by atoms with van der Waals surface area (Å²) < 4.78 is 7.32. The highest BCUT2D eigenvalue weighted by Gasteiger charge is 2.52. The van der Waals surface area contributed by atoms with Gasteiger partial charge in [0.1, 0.15) is 11.5 Å². The maximum Gasteiger partial charge on any atom is 0.140 e. The Bertz CT molecular complexity index is 3630. The fraction of sp³-hybridized carbons (Fsp3) is 0.111. The van der Waals surface area contributed by atoms with E-state index in [0.29, 0.717) is 0 Å². The van der Waals surface area contributed by atoms with E-state index in [1.165, 1.54) is 94.3 Å². The minimum absolute atomic E-state index is 0.101. The van der Waals surface area contributed by atoms with Crippen molar-refractivity contribution in [3.8, 4) is 44.9 Å². The van der Waals surface area contributed by atoms with Crippen molar-refractivity contribution in [1.82, 2.24) is 0 Å². The van der Waals surface area contributed by atoms with Crippen molar-refractivity contribution < 1.29 is 4.74 Å². The Kier molecular flexibility index (Phi) is 7.21. The van der Waals surface area contributed by atoms with Crippen molar-refractivity contribution in [2.24, 2.45) is 0 Å². The number of benzene rings is 10. The predicted molar refractivity (Wildman–Crippen MR) is 269 cm³/mol. The van der Waals surface area contributed by atoms with Gasteiger partial charge in [0.2, 0.25) is 0 Å². The van der Waals surface area contributed by atoms with Crippen LogP contribution in [0.4, 0.5) is 17.1 Å². The van der Waals surface area contributed by atoms with Crippen molar-refractivity contribution >= 4 is 38.6 Å². The molecule has 2 heteroatoms. The second-order valence-corrected chi connectivity index (χ2v) is 19.6. The lowest BCUT2D eigenvalue weighted by Gasteiger charge is -2.40. The molecule has 0 radical (unpaired) electrons. The predicted octanol–water partition coefficient (Wildman–Crippen LogP) is 16.5. The van der Waals surface area contributed by atoms with Crippen molar-refractivity contribution in [1.29, 1.82) is 0 Å². The second-order valence-electron chi connectivity index (χ2n) is 19.6. The van der Waals surface area contributed by atoms with Gasteiger partial charge in [0, 0.05) is 49.7 Å². The van der Waals surface area contributed by atoms with Crippen LogP contribution in [0.5, 0.6) is 11.5 Å². The first-order chi connectivity index (χ1) is 31.8. The zero-order valence-electron chi connectivity index (χ0n) is 36.9. The highest BCUT2D eigenvalue weighted by Crippen LogP contribution is 2.65. The maximum absolute atomic E-state index is 7.32. The zero-order chi connectivity index (χ0) is 43.4. The number of hydrogen-bond donors (Lipinski definition) is 0. The molecule has 0 bridgehead atoms. The third-order valence-electron chi connectivity index (χ3n) is 15.7. The summed E-state index contributed by atoms with van der Waals surface area (Å²) in [6.07, 6.45) is 0. The average Bonchev–Trinajstić information content (AvgIpc) is 3.86. The summed E-state index contributed by atoms with van der Waals surface area (Å²) in [4.78, 5) is 2.56. The van der Waals surface area contributed by atoms with E-state index in [0.717, 1.165) is 33.6 Å². The molecular weight excluding hydrogens is 787 g/mol. The number of anilines is 3. The number of nitrogens with zero attached hydrogens (tertiary/aromatic N) is 1. The van der Waals surface area contributed by atoms with Gasteiger partial charge < -0.3 is 9.64 Å². The van der Waals surface area contributed by atoms with E-state index in [-0.39, 0.29) is 10.8 Å². The molecule has 0 saturated heterocycles. The molecule has 2 nitrogen and oxygen atoms in total. The van der Waals surface area contributed by atoms with E-state index in [1.807, 2.05) is 0 Å². The molecule has 0 fully saturated rings. The molecule has 0 unspecified atom stereocenters. The second kappa shape index (κ2) is 12.7. The molecule has 3 aliphatic carbocycles. The Balaban J connectivity index is 1.09. The lowest BCUT2D eigenvalue weighted by molar-refractivity contribution is 0.447. The van der Waals surface area contributed by atoms with Crippen LogP contribution in [0.25, 0.3) is 54.9 Å². The van der Waals surface area contributed by atoms with Crippen molar-refractivity contribution in [2.75, 3.05) is 4.90 Å². The van der Waals surface area contributed by atoms with Gasteiger partial charge in [-0.1, -0.05) is 198 Å². The highest BCUT2D eigenvalue weighted by molar-refractivity contribution is 6.02. The minimum Gasteiger partial charge on any atom is -0.455 e. The fourth-order valence-corrected chi connectivity index (χ4v) is 12.7. The third-order valence-corrected chi connectivity index (χ3v) is 15.7. The molecule has 1 spiro atoms. The molecular formula is C63H45NO. The lowest BCUT2D eigenvalue weighted by Crippen LogP contribution is -2.32. The van der Waals surface area contributed by atoms with Crippen LogP contribution in [-0.4, -0.2) is 0 Å². The van der Waals surface area contributed by atoms with Crippen molar-refractivity contribution in [2.45, 2.75) is 43.9 Å². The SMILES string of the molecule is CC1(C)c2ccccc2-c2cc(N(c3ccc4c(c3)C3(c5ccccc5-4)c4ccc5ccccc5c4Oc4c3ccc3ccccc43)c3cccc4c3-c3ccccc3C4(C)C)ccc21. The van der Waals surface area contributed by atoms with E-state index in [4.69, 9.17) is 4.74 Å². The first-order valence-electron chi connectivity index (χ1n) is 23.0. The molecule has 4 aliphatic rings. The standard InChI is InChI=1S/C63H45NO/c1-61(2)49-23-12-9-21-45(49)48-36-40(31-35-51(48)61)64(57-27-15-26-53-58(57)47-22-11-13-24-50(47)62(53,3)4)41-30-32-46-44-20-10-14-25-52(44)63(56(46)37-41)54-33-28-38-16-5-7-18-42(38)59(54)65-60-43-19-8-6-17-39(43)29-34-55(60)63/h5-37H,1-4H3. The van der Waals surface area contributed by atoms with Crippen LogP contribution < -0.4 is 9.64 Å². The summed E-state index contributed by atoms with van der Waals surface area (Å²) >= 11 is 0. The van der Waals surface area contributed by atoms with Gasteiger partial charge in [0.15, 0.2) is 0 Å². The van der Waals surface area contributed by atoms with E-state index in [2.05, 4.69) is 233 Å². The number of hydrogen-bond acceptors (Lipinski definition) is 2. The van der Waals surface area contributed by atoms with Gasteiger partial charge in [-0.15, -0.1) is 0 Å². The Morgan fingerprint density at radius 3 is 1.51 bits per heavy atom. The monoisotopic (exact) mass is 831 g/mol. The van der Waals surface area contributed by atoms with Crippen LogP contribution in [0.3, 0.4) is 0 Å². The third kappa shape index (κ3) is 4.64. The number of ether oxygens (including phenoxy) is 1. The summed E-state index contributed by atoms with van der Waals surface area (Å²) in [6.45, 7) is 9.49. The molecule has 308 valence electrons. The quantitative estimate of drug-likeness (QED) is 0.176. The lowest BCUT2D eigenvalue weighted by atomic mass is 9.65. The maximum atomic E-state index is 7.32. The van der Waals surface area contributed by atoms with Gasteiger partial charge in [-0.25, -0.2) is 0 Å². The van der Waals surface area contributed by atoms with E-state index < -0.39 is 5.41 Å². The van der Waals surface area contributed by atoms with Gasteiger partial charge in [0.25, 0.3) is 0 Å². The average molecular weight is 832 g/mol. The Morgan fingerprint density at radius 2 is 0.815 bits per heavy atom. The summed E-state index contributed by atoms with van der Waals surface area (Å²) in [5.74, 6) is 1.85. The van der Waals surface area contributed by atoms with Gasteiger partial charge in [-0.3, -0.25) is 0 Å². The first kappa shape index (κ1) is 36.8. The van der Waals surface area contributed by atoms with Crippen LogP contribution in [0, 0.1) is 0 Å². The highest BCUT2D eigenvalue weighted by atomic mass is 16.5. The topological polar surface area (TPSA) is 12.5 Å². The van der Waals surface area contributed by atoms with Crippen LogP contribution in [0.15, 0.2) is 200 Å². The minimum atomic E-state index is -0.668. The zero-order valence-corrected chi connectivity index (χ0v) is 36.9. The molecule has 1 heterocycles. The Hall–Kier alpha value is -7.68. The van der Waals surface area contributed by atoms with Crippen LogP contribution in [-0.2, 0) is 16.2 Å². The number of rotatable bonds is 3. The molecule has 0 atom stereocenters. The van der Waals surface area contributed by atoms with Crippen molar-refractivity contribution in [3.05, 3.63) is 245 Å². The molecule has 0 amide bonds. The van der Waals surface area contributed by atoms with Gasteiger partial charge in [0.05, 0.1) is 11.1 Å². The van der Waals surface area contributed by atoms with Crippen molar-refractivity contribution in [3.63, 3.8) is 0 Å². The smallest absolute Gasteiger partial charge is 0.140 e. The fourth-order valence-electron chi connectivity index (χ4n) is 12.7. The van der Waals surface area contributed by atoms with E-state index in [1.54, 1.807) is 0 Å². The molecule has 0 saturated carbocycles. The summed E-state index contributed by atoms with van der Waals surface area (Å²) in [6, 6.07) is 75.2. The van der Waals surface area contributed by atoms with Crippen LogP contribution in [0.2, 0.25) is 0 Å². The summed E-state index contributed by atoms with van der Waals surface area (Å²) in [5, 5.41) is 4.57. The van der Waals surface area contributed by atoms with Crippen LogP contribution >= 0.6 is 0 Å². The first-order valence-corrected chi connectivity index (χ1v) is 23.0. The Labute approximate surface area is 380 Å². The Morgan fingerprint density at radius 1 is 0.338 bits per heavy atom. The van der Waals surface area contributed by atoms with E-state index >= 15 is 0 Å². The van der Waals surface area contributed by atoms with E-state index in [9.17, 15) is 0 Å². The van der Waals surface area contributed by atoms with Gasteiger partial charge in [-0.2, -0.15) is 0 Å². The molecule has 0 N–H and O–H groups in total. The molecule has 10 aromatic carbocycles. The number of fused-ring (bicyclic) bond motifs is 19. The molecule has 10 aromatic rings. The molecule has 1 aliphatic heterocycles. The largest absolute Gasteiger partial charge is 0.455 e. The van der Waals surface area contributed by atoms with Gasteiger partial charge in [-0.05, 0) is 102 Å². The normalized spacial score (nSPS) is 15.6. The molecule has 0 aromatic heterocycles. The molecule has 65 heavy (non-hydrogen) atoms. The van der Waals surface area contributed by atoms with Gasteiger partial charge >= 0.3 is 0 Å². The summed E-state index contributed by atoms with van der Waals surface area (Å²) in [7, 11) is 0. The summed E-state index contributed by atoms with van der Waals surface area (Å²) in [5.41, 5.74) is 20.6. The van der Waals surface area contributed by atoms with Crippen LogP contribution in [0.1, 0.15) is 72.2 Å². The molecule has 14 rings (SSSR count).